The second-order valence-corrected chi connectivity index (χ2v) is 6.43. The van der Waals surface area contributed by atoms with Gasteiger partial charge in [-0.3, -0.25) is 10.1 Å². The second kappa shape index (κ2) is 7.67. The molecular formula is C16H16N2O6S. The Balaban J connectivity index is 2.10. The zero-order chi connectivity index (χ0) is 18.4. The number of hydrogen-bond acceptors (Lipinski definition) is 6. The number of carbonyl (C=O) groups is 2. The van der Waals surface area contributed by atoms with Gasteiger partial charge in [-0.25, -0.2) is 4.79 Å². The Morgan fingerprint density at radius 3 is 1.92 bits per heavy atom. The lowest BCUT2D eigenvalue weighted by atomic mass is 10.3. The molecule has 0 aromatic heterocycles. The molecule has 0 fully saturated rings. The predicted octanol–water partition coefficient (Wildman–Crippen LogP) is 2.59. The third-order valence-corrected chi connectivity index (χ3v) is 4.22. The van der Waals surface area contributed by atoms with Crippen LogP contribution in [0.15, 0.2) is 53.4 Å². The van der Waals surface area contributed by atoms with E-state index in [2.05, 4.69) is 15.4 Å². The average Bonchev–Trinajstić information content (AvgIpc) is 2.56. The highest BCUT2D eigenvalue weighted by Gasteiger charge is 2.17. The molecule has 2 aromatic rings. The van der Waals surface area contributed by atoms with Crippen molar-refractivity contribution in [3.63, 3.8) is 0 Å². The van der Waals surface area contributed by atoms with Gasteiger partial charge in [0.25, 0.3) is 0 Å². The number of amides is 2. The summed E-state index contributed by atoms with van der Waals surface area (Å²) < 4.78 is 34.0. The first-order valence-electron chi connectivity index (χ1n) is 7.07. The summed E-state index contributed by atoms with van der Waals surface area (Å²) in [5.74, 6) is -0.132. The molecule has 0 saturated heterocycles. The summed E-state index contributed by atoms with van der Waals surface area (Å²) in [5, 5.41) is 4.97. The highest BCUT2D eigenvalue weighted by molar-refractivity contribution is 7.87. The van der Waals surface area contributed by atoms with Crippen LogP contribution in [0.2, 0.25) is 0 Å². The van der Waals surface area contributed by atoms with E-state index in [-0.39, 0.29) is 16.6 Å². The van der Waals surface area contributed by atoms with E-state index < -0.39 is 16.2 Å². The molecule has 2 aromatic carbocycles. The highest BCUT2D eigenvalue weighted by Crippen LogP contribution is 2.22. The summed E-state index contributed by atoms with van der Waals surface area (Å²) in [4.78, 5) is 22.0. The van der Waals surface area contributed by atoms with Crippen LogP contribution in [0, 0.1) is 0 Å². The van der Waals surface area contributed by atoms with Crippen LogP contribution in [0.5, 0.6) is 5.75 Å². The van der Waals surface area contributed by atoms with E-state index in [4.69, 9.17) is 4.18 Å². The monoisotopic (exact) mass is 364 g/mol. The molecule has 0 aliphatic carbocycles. The van der Waals surface area contributed by atoms with Gasteiger partial charge in [-0.2, -0.15) is 8.42 Å². The van der Waals surface area contributed by atoms with Gasteiger partial charge >= 0.3 is 16.2 Å². The fraction of sp³-hybridized carbons (Fsp3) is 0.125. The highest BCUT2D eigenvalue weighted by atomic mass is 32.2. The standard InChI is InChI=1S/C16H16N2O6S/c1-11(19)17-12-3-7-14(8-4-12)24-25(21,22)15-9-5-13(6-10-15)18-16(20)23-2/h3-10H,1-2H3,(H,17,19)(H,18,20). The van der Waals surface area contributed by atoms with Crippen molar-refractivity contribution in [2.24, 2.45) is 0 Å². The minimum atomic E-state index is -4.03. The van der Waals surface area contributed by atoms with Crippen molar-refractivity contribution >= 4 is 33.5 Å². The van der Waals surface area contributed by atoms with Crippen LogP contribution in [0.1, 0.15) is 6.92 Å². The second-order valence-electron chi connectivity index (χ2n) is 4.88. The van der Waals surface area contributed by atoms with Gasteiger partial charge in [0.2, 0.25) is 5.91 Å². The summed E-state index contributed by atoms with van der Waals surface area (Å²) in [6.07, 6.45) is -0.661. The number of anilines is 2. The number of nitrogens with one attached hydrogen (secondary N) is 2. The number of ether oxygens (including phenoxy) is 1. The van der Waals surface area contributed by atoms with Crippen LogP contribution in [0.4, 0.5) is 16.2 Å². The van der Waals surface area contributed by atoms with Gasteiger partial charge in [0, 0.05) is 18.3 Å². The van der Waals surface area contributed by atoms with E-state index in [9.17, 15) is 18.0 Å². The Labute approximate surface area is 144 Å². The molecule has 0 aliphatic rings. The van der Waals surface area contributed by atoms with Crippen molar-refractivity contribution in [1.29, 1.82) is 0 Å². The van der Waals surface area contributed by atoms with Crippen molar-refractivity contribution in [3.8, 4) is 5.75 Å². The maximum absolute atomic E-state index is 12.2. The molecule has 0 spiro atoms. The number of rotatable bonds is 5. The maximum Gasteiger partial charge on any atom is 0.411 e. The molecule has 0 bridgehead atoms. The van der Waals surface area contributed by atoms with Gasteiger partial charge in [0.1, 0.15) is 10.6 Å². The van der Waals surface area contributed by atoms with Gasteiger partial charge in [0.05, 0.1) is 7.11 Å². The van der Waals surface area contributed by atoms with Crippen molar-refractivity contribution in [2.75, 3.05) is 17.7 Å². The Kier molecular flexibility index (Phi) is 5.60. The summed E-state index contributed by atoms with van der Waals surface area (Å²) in [5.41, 5.74) is 0.904. The van der Waals surface area contributed by atoms with E-state index in [1.807, 2.05) is 0 Å². The minimum Gasteiger partial charge on any atom is -0.453 e. The first-order valence-corrected chi connectivity index (χ1v) is 8.48. The van der Waals surface area contributed by atoms with Crippen LogP contribution in [0.3, 0.4) is 0 Å². The lowest BCUT2D eigenvalue weighted by Gasteiger charge is -2.09. The quantitative estimate of drug-likeness (QED) is 0.789. The average molecular weight is 364 g/mol. The van der Waals surface area contributed by atoms with Crippen molar-refractivity contribution in [3.05, 3.63) is 48.5 Å². The van der Waals surface area contributed by atoms with Gasteiger partial charge in [-0.05, 0) is 48.5 Å². The molecule has 0 aliphatic heterocycles. The first kappa shape index (κ1) is 18.3. The zero-order valence-corrected chi connectivity index (χ0v) is 14.3. The number of benzene rings is 2. The first-order chi connectivity index (χ1) is 11.8. The molecule has 2 rings (SSSR count). The van der Waals surface area contributed by atoms with Crippen LogP contribution >= 0.6 is 0 Å². The molecule has 25 heavy (non-hydrogen) atoms. The molecule has 0 atom stereocenters. The van der Waals surface area contributed by atoms with Gasteiger partial charge in [0.15, 0.2) is 0 Å². The number of hydrogen-bond donors (Lipinski definition) is 2. The van der Waals surface area contributed by atoms with Crippen LogP contribution in [-0.4, -0.2) is 27.5 Å². The maximum atomic E-state index is 12.2. The van der Waals surface area contributed by atoms with Crippen LogP contribution < -0.4 is 14.8 Å². The fourth-order valence-corrected chi connectivity index (χ4v) is 2.78. The molecule has 8 nitrogen and oxygen atoms in total. The van der Waals surface area contributed by atoms with Gasteiger partial charge in [-0.1, -0.05) is 0 Å². The molecule has 132 valence electrons. The molecule has 0 unspecified atom stereocenters. The van der Waals surface area contributed by atoms with E-state index >= 15 is 0 Å². The number of methoxy groups -OCH3 is 1. The summed E-state index contributed by atoms with van der Waals surface area (Å²) in [6, 6.07) is 11.3. The third-order valence-electron chi connectivity index (χ3n) is 2.96. The largest absolute Gasteiger partial charge is 0.453 e. The third kappa shape index (κ3) is 5.21. The lowest BCUT2D eigenvalue weighted by Crippen LogP contribution is -2.12. The Morgan fingerprint density at radius 2 is 1.40 bits per heavy atom. The van der Waals surface area contributed by atoms with E-state index in [1.54, 1.807) is 0 Å². The molecule has 9 heteroatoms. The van der Waals surface area contributed by atoms with Crippen molar-refractivity contribution in [2.45, 2.75) is 11.8 Å². The molecule has 2 amide bonds. The van der Waals surface area contributed by atoms with Crippen molar-refractivity contribution in [1.82, 2.24) is 0 Å². The minimum absolute atomic E-state index is 0.0751. The SMILES string of the molecule is COC(=O)Nc1ccc(S(=O)(=O)Oc2ccc(NC(C)=O)cc2)cc1. The zero-order valence-electron chi connectivity index (χ0n) is 13.5. The smallest absolute Gasteiger partial charge is 0.411 e. The van der Waals surface area contributed by atoms with Crippen molar-refractivity contribution < 1.29 is 26.9 Å². The van der Waals surface area contributed by atoms with Gasteiger partial charge < -0.3 is 14.2 Å². The predicted molar refractivity (Wildman–Crippen MR) is 91.0 cm³/mol. The van der Waals surface area contributed by atoms with Gasteiger partial charge in [-0.15, -0.1) is 0 Å². The molecule has 2 N–H and O–H groups in total. The Hall–Kier alpha value is -3.07. The van der Waals surface area contributed by atoms with Crippen LogP contribution in [0.25, 0.3) is 0 Å². The summed E-state index contributed by atoms with van der Waals surface area (Å²) >= 11 is 0. The lowest BCUT2D eigenvalue weighted by molar-refractivity contribution is -0.114. The van der Waals surface area contributed by atoms with E-state index in [1.165, 1.54) is 62.6 Å². The molecule has 0 heterocycles. The topological polar surface area (TPSA) is 111 Å². The summed E-state index contributed by atoms with van der Waals surface area (Å²) in [7, 11) is -2.81. The summed E-state index contributed by atoms with van der Waals surface area (Å²) in [6.45, 7) is 1.37. The van der Waals surface area contributed by atoms with Crippen LogP contribution in [-0.2, 0) is 19.6 Å². The number of carbonyl (C=O) groups excluding carboxylic acids is 2. The van der Waals surface area contributed by atoms with E-state index in [0.29, 0.717) is 11.4 Å². The Morgan fingerprint density at radius 1 is 0.880 bits per heavy atom. The molecule has 0 radical (unpaired) electrons. The molecular weight excluding hydrogens is 348 g/mol. The van der Waals surface area contributed by atoms with E-state index in [0.717, 1.165) is 0 Å². The molecule has 0 saturated carbocycles. The Bertz CT molecular complexity index is 861. The fourth-order valence-electron chi connectivity index (χ4n) is 1.85. The normalized spacial score (nSPS) is 10.6.